The second-order valence-corrected chi connectivity index (χ2v) is 4.97. The van der Waals surface area contributed by atoms with Crippen LogP contribution in [0.4, 0.5) is 4.79 Å². The van der Waals surface area contributed by atoms with E-state index in [-0.39, 0.29) is 5.75 Å². The number of aromatic hydroxyl groups is 1. The van der Waals surface area contributed by atoms with Gasteiger partial charge in [-0.2, -0.15) is 5.10 Å². The van der Waals surface area contributed by atoms with Crippen LogP contribution in [0.3, 0.4) is 0 Å². The summed E-state index contributed by atoms with van der Waals surface area (Å²) in [6, 6.07) is 2.82. The number of phenols is 1. The number of amides is 2. The van der Waals surface area contributed by atoms with Gasteiger partial charge in [-0.25, -0.2) is 10.2 Å². The minimum Gasteiger partial charge on any atom is -0.506 e. The Balaban J connectivity index is 2.94. The van der Waals surface area contributed by atoms with E-state index >= 15 is 0 Å². The number of halogens is 2. The van der Waals surface area contributed by atoms with Crippen LogP contribution in [0, 0.1) is 7.14 Å². The van der Waals surface area contributed by atoms with Gasteiger partial charge in [0.25, 0.3) is 0 Å². The molecule has 0 bridgehead atoms. The van der Waals surface area contributed by atoms with E-state index in [0.29, 0.717) is 5.56 Å². The summed E-state index contributed by atoms with van der Waals surface area (Å²) in [6.45, 7) is 0. The molecular formula is C8H7I2N3O2. The third-order valence-corrected chi connectivity index (χ3v) is 2.88. The monoisotopic (exact) mass is 431 g/mol. The first-order valence-corrected chi connectivity index (χ1v) is 5.93. The van der Waals surface area contributed by atoms with Crippen molar-refractivity contribution in [2.75, 3.05) is 0 Å². The highest BCUT2D eigenvalue weighted by molar-refractivity contribution is 14.1. The SMILES string of the molecule is NC(=O)N/N=C\c1cc(I)cc(I)c1O. The lowest BCUT2D eigenvalue weighted by Crippen LogP contribution is -2.24. The first kappa shape index (κ1) is 12.5. The van der Waals surface area contributed by atoms with E-state index in [9.17, 15) is 9.90 Å². The number of nitrogens with two attached hydrogens (primary N) is 1. The van der Waals surface area contributed by atoms with Gasteiger partial charge in [0.15, 0.2) is 0 Å². The average molecular weight is 431 g/mol. The molecule has 0 saturated carbocycles. The number of benzene rings is 1. The highest BCUT2D eigenvalue weighted by Crippen LogP contribution is 2.25. The second-order valence-electron chi connectivity index (χ2n) is 2.56. The number of rotatable bonds is 2. The van der Waals surface area contributed by atoms with Crippen molar-refractivity contribution in [1.29, 1.82) is 0 Å². The van der Waals surface area contributed by atoms with E-state index in [0.717, 1.165) is 7.14 Å². The standard InChI is InChI=1S/C8H7I2N3O2/c9-5-1-4(3-12-13-8(11)15)7(14)6(10)2-5/h1-3,14H,(H3,11,13,15)/b12-3-. The van der Waals surface area contributed by atoms with E-state index in [4.69, 9.17) is 5.73 Å². The highest BCUT2D eigenvalue weighted by Gasteiger charge is 2.04. The third kappa shape index (κ3) is 3.81. The summed E-state index contributed by atoms with van der Waals surface area (Å²) in [5.41, 5.74) is 7.41. The Hall–Kier alpha value is -0.580. The van der Waals surface area contributed by atoms with Gasteiger partial charge >= 0.3 is 6.03 Å². The van der Waals surface area contributed by atoms with Gasteiger partial charge in [0.05, 0.1) is 9.78 Å². The fraction of sp³-hybridized carbons (Fsp3) is 0. The second kappa shape index (κ2) is 5.49. The lowest BCUT2D eigenvalue weighted by Gasteiger charge is -2.02. The molecule has 4 N–H and O–H groups in total. The predicted molar refractivity (Wildman–Crippen MR) is 73.9 cm³/mol. The van der Waals surface area contributed by atoms with E-state index in [1.807, 2.05) is 28.7 Å². The topological polar surface area (TPSA) is 87.7 Å². The summed E-state index contributed by atoms with van der Waals surface area (Å²) in [6.07, 6.45) is 1.34. The fourth-order valence-electron chi connectivity index (χ4n) is 0.850. The zero-order chi connectivity index (χ0) is 11.4. The Morgan fingerprint density at radius 3 is 2.80 bits per heavy atom. The molecule has 5 nitrogen and oxygen atoms in total. The molecule has 0 aliphatic rings. The molecule has 80 valence electrons. The van der Waals surface area contributed by atoms with E-state index in [2.05, 4.69) is 33.1 Å². The summed E-state index contributed by atoms with van der Waals surface area (Å²) in [4.78, 5) is 10.3. The molecule has 0 radical (unpaired) electrons. The van der Waals surface area contributed by atoms with Crippen molar-refractivity contribution < 1.29 is 9.90 Å². The van der Waals surface area contributed by atoms with Gasteiger partial charge in [0, 0.05) is 9.13 Å². The lowest BCUT2D eigenvalue weighted by molar-refractivity contribution is 0.249. The molecule has 0 spiro atoms. The molecule has 1 rings (SSSR count). The van der Waals surface area contributed by atoms with Crippen LogP contribution in [0.2, 0.25) is 0 Å². The van der Waals surface area contributed by atoms with Crippen LogP contribution in [0.1, 0.15) is 5.56 Å². The number of primary amides is 1. The third-order valence-electron chi connectivity index (χ3n) is 1.44. The van der Waals surface area contributed by atoms with E-state index < -0.39 is 6.03 Å². The van der Waals surface area contributed by atoms with Crippen LogP contribution >= 0.6 is 45.2 Å². The average Bonchev–Trinajstić information content (AvgIpc) is 2.12. The number of phenolic OH excluding ortho intramolecular Hbond substituents is 1. The number of carbonyl (C=O) groups excluding carboxylic acids is 1. The molecule has 0 unspecified atom stereocenters. The molecule has 0 fully saturated rings. The number of hydrazone groups is 1. The summed E-state index contributed by atoms with van der Waals surface area (Å²) in [7, 11) is 0. The van der Waals surface area contributed by atoms with Crippen molar-refractivity contribution in [3.63, 3.8) is 0 Å². The summed E-state index contributed by atoms with van der Waals surface area (Å²) < 4.78 is 1.69. The predicted octanol–water partition coefficient (Wildman–Crippen LogP) is 1.60. The molecule has 0 atom stereocenters. The Morgan fingerprint density at radius 2 is 2.20 bits per heavy atom. The lowest BCUT2D eigenvalue weighted by atomic mass is 10.2. The zero-order valence-corrected chi connectivity index (χ0v) is 11.7. The molecule has 1 aromatic rings. The fourth-order valence-corrected chi connectivity index (χ4v) is 2.74. The molecule has 0 aliphatic heterocycles. The van der Waals surface area contributed by atoms with Gasteiger partial charge < -0.3 is 10.8 Å². The van der Waals surface area contributed by atoms with Crippen molar-refractivity contribution in [3.05, 3.63) is 24.8 Å². The Morgan fingerprint density at radius 1 is 1.53 bits per heavy atom. The molecule has 0 heterocycles. The van der Waals surface area contributed by atoms with Crippen LogP contribution < -0.4 is 11.2 Å². The molecule has 15 heavy (non-hydrogen) atoms. The number of hydrogen-bond donors (Lipinski definition) is 3. The minimum absolute atomic E-state index is 0.131. The van der Waals surface area contributed by atoms with Crippen molar-refractivity contribution in [2.24, 2.45) is 10.8 Å². The largest absolute Gasteiger partial charge is 0.506 e. The van der Waals surface area contributed by atoms with Crippen molar-refractivity contribution >= 4 is 57.4 Å². The highest BCUT2D eigenvalue weighted by atomic mass is 127. The van der Waals surface area contributed by atoms with Gasteiger partial charge in [-0.15, -0.1) is 0 Å². The molecule has 0 aliphatic carbocycles. The Kier molecular flexibility index (Phi) is 4.57. The molecule has 7 heteroatoms. The number of hydrogen-bond acceptors (Lipinski definition) is 3. The zero-order valence-electron chi connectivity index (χ0n) is 7.37. The van der Waals surface area contributed by atoms with E-state index in [1.54, 1.807) is 6.07 Å². The Labute approximate surface area is 113 Å². The maximum atomic E-state index is 10.3. The van der Waals surface area contributed by atoms with Crippen molar-refractivity contribution in [1.82, 2.24) is 5.43 Å². The van der Waals surface area contributed by atoms with Gasteiger partial charge in [-0.3, -0.25) is 0 Å². The normalized spacial score (nSPS) is 10.5. The van der Waals surface area contributed by atoms with Crippen LogP contribution in [-0.4, -0.2) is 17.4 Å². The number of urea groups is 1. The maximum absolute atomic E-state index is 10.3. The van der Waals surface area contributed by atoms with Gasteiger partial charge in [0.2, 0.25) is 0 Å². The van der Waals surface area contributed by atoms with Crippen molar-refractivity contribution in [2.45, 2.75) is 0 Å². The molecular weight excluding hydrogens is 424 g/mol. The molecule has 1 aromatic carbocycles. The molecule has 0 saturated heterocycles. The summed E-state index contributed by atoms with van der Waals surface area (Å²) in [5, 5.41) is 13.2. The Bertz CT molecular complexity index is 421. The molecule has 2 amide bonds. The molecule has 0 aromatic heterocycles. The van der Waals surface area contributed by atoms with Crippen LogP contribution in [0.5, 0.6) is 5.75 Å². The van der Waals surface area contributed by atoms with Crippen LogP contribution in [0.15, 0.2) is 17.2 Å². The number of nitrogens with zero attached hydrogens (tertiary/aromatic N) is 1. The van der Waals surface area contributed by atoms with Crippen LogP contribution in [0.25, 0.3) is 0 Å². The first-order valence-electron chi connectivity index (χ1n) is 3.77. The minimum atomic E-state index is -0.744. The van der Waals surface area contributed by atoms with Gasteiger partial charge in [0.1, 0.15) is 5.75 Å². The number of carbonyl (C=O) groups is 1. The first-order chi connectivity index (χ1) is 7.00. The van der Waals surface area contributed by atoms with Crippen molar-refractivity contribution in [3.8, 4) is 5.75 Å². The quantitative estimate of drug-likeness (QED) is 0.378. The number of nitrogens with one attached hydrogen (secondary N) is 1. The van der Waals surface area contributed by atoms with Crippen LogP contribution in [-0.2, 0) is 0 Å². The summed E-state index contributed by atoms with van der Waals surface area (Å²) >= 11 is 4.14. The smallest absolute Gasteiger partial charge is 0.332 e. The van der Waals surface area contributed by atoms with E-state index in [1.165, 1.54) is 6.21 Å². The van der Waals surface area contributed by atoms with Gasteiger partial charge in [-0.05, 0) is 57.3 Å². The maximum Gasteiger partial charge on any atom is 0.332 e. The summed E-state index contributed by atoms with van der Waals surface area (Å²) in [5.74, 6) is 0.131. The van der Waals surface area contributed by atoms with Gasteiger partial charge in [-0.1, -0.05) is 0 Å².